The van der Waals surface area contributed by atoms with Crippen LogP contribution in [0.2, 0.25) is 0 Å². The van der Waals surface area contributed by atoms with Crippen molar-refractivity contribution in [2.45, 2.75) is 13.3 Å². The third-order valence-corrected chi connectivity index (χ3v) is 3.87. The van der Waals surface area contributed by atoms with Crippen molar-refractivity contribution in [2.24, 2.45) is 11.7 Å². The van der Waals surface area contributed by atoms with Crippen molar-refractivity contribution in [2.75, 3.05) is 32.7 Å². The fourth-order valence-corrected chi connectivity index (χ4v) is 2.64. The molecule has 4 heteroatoms. The highest BCUT2D eigenvalue weighted by Crippen LogP contribution is 2.15. The first-order valence-corrected chi connectivity index (χ1v) is 7.53. The molecule has 0 spiro atoms. The first-order chi connectivity index (χ1) is 10.2. The molecular weight excluding hydrogens is 262 g/mol. The van der Waals surface area contributed by atoms with Crippen molar-refractivity contribution in [1.82, 2.24) is 10.2 Å². The summed E-state index contributed by atoms with van der Waals surface area (Å²) in [5.74, 6) is 6.26. The Balaban J connectivity index is 1.95. The predicted octanol–water partition coefficient (Wildman–Crippen LogP) is 1.07. The number of benzene rings is 1. The Morgan fingerprint density at radius 2 is 2.29 bits per heavy atom. The lowest BCUT2D eigenvalue weighted by Crippen LogP contribution is -2.31. The number of likely N-dealkylation sites (tertiary alicyclic amines) is 1. The third-order valence-electron chi connectivity index (χ3n) is 3.87. The maximum atomic E-state index is 12.3. The van der Waals surface area contributed by atoms with E-state index in [0.29, 0.717) is 18.0 Å². The average molecular weight is 285 g/mol. The summed E-state index contributed by atoms with van der Waals surface area (Å²) in [4.78, 5) is 14.7. The second-order valence-corrected chi connectivity index (χ2v) is 5.31. The molecule has 0 saturated carbocycles. The molecule has 4 nitrogen and oxygen atoms in total. The number of hydrogen-bond acceptors (Lipinski definition) is 3. The van der Waals surface area contributed by atoms with Gasteiger partial charge in [-0.3, -0.25) is 4.79 Å². The number of nitrogens with two attached hydrogens (primary N) is 1. The van der Waals surface area contributed by atoms with Crippen LogP contribution in [0.4, 0.5) is 0 Å². The minimum atomic E-state index is -0.0492. The van der Waals surface area contributed by atoms with Crippen LogP contribution in [0, 0.1) is 17.8 Å². The molecule has 1 amide bonds. The zero-order valence-corrected chi connectivity index (χ0v) is 12.6. The molecule has 112 valence electrons. The van der Waals surface area contributed by atoms with Crippen LogP contribution in [0.1, 0.15) is 29.3 Å². The molecule has 1 fully saturated rings. The smallest absolute Gasteiger partial charge is 0.252 e. The highest BCUT2D eigenvalue weighted by atomic mass is 16.1. The summed E-state index contributed by atoms with van der Waals surface area (Å²) in [6, 6.07) is 7.40. The molecule has 1 saturated heterocycles. The molecular formula is C17H23N3O. The quantitative estimate of drug-likeness (QED) is 0.814. The standard InChI is InChI=1S/C17H23N3O/c1-2-20-11-9-14(13-20)12-19-17(21)16-8-4-3-6-15(16)7-5-10-18/h3-4,6,8,14H,2,9-13,18H2,1H3,(H,19,21). The highest BCUT2D eigenvalue weighted by Gasteiger charge is 2.21. The van der Waals surface area contributed by atoms with E-state index in [1.54, 1.807) is 0 Å². The van der Waals surface area contributed by atoms with Gasteiger partial charge < -0.3 is 16.0 Å². The van der Waals surface area contributed by atoms with E-state index in [0.717, 1.165) is 38.2 Å². The zero-order valence-electron chi connectivity index (χ0n) is 12.6. The first-order valence-electron chi connectivity index (χ1n) is 7.53. The van der Waals surface area contributed by atoms with Crippen molar-refractivity contribution in [1.29, 1.82) is 0 Å². The molecule has 1 aliphatic rings. The summed E-state index contributed by atoms with van der Waals surface area (Å²) in [6.45, 7) is 6.50. The van der Waals surface area contributed by atoms with Crippen molar-refractivity contribution in [3.05, 3.63) is 35.4 Å². The van der Waals surface area contributed by atoms with Gasteiger partial charge in [0, 0.05) is 18.7 Å². The Morgan fingerprint density at radius 3 is 3.00 bits per heavy atom. The maximum Gasteiger partial charge on any atom is 0.252 e. The van der Waals surface area contributed by atoms with Crippen LogP contribution < -0.4 is 11.1 Å². The summed E-state index contributed by atoms with van der Waals surface area (Å²) in [5.41, 5.74) is 6.76. The first kappa shape index (κ1) is 15.6. The lowest BCUT2D eigenvalue weighted by atomic mass is 10.1. The molecule has 3 N–H and O–H groups in total. The number of carbonyl (C=O) groups is 1. The molecule has 1 unspecified atom stereocenters. The Bertz CT molecular complexity index is 544. The van der Waals surface area contributed by atoms with Gasteiger partial charge in [0.2, 0.25) is 0 Å². The number of amides is 1. The molecule has 1 heterocycles. The van der Waals surface area contributed by atoms with Crippen LogP contribution >= 0.6 is 0 Å². The Morgan fingerprint density at radius 1 is 1.48 bits per heavy atom. The van der Waals surface area contributed by atoms with Gasteiger partial charge in [-0.15, -0.1) is 0 Å². The molecule has 0 aliphatic carbocycles. The Hall–Kier alpha value is -1.83. The normalized spacial score (nSPS) is 18.1. The number of nitrogens with zero attached hydrogens (tertiary/aromatic N) is 1. The predicted molar refractivity (Wildman–Crippen MR) is 84.9 cm³/mol. The van der Waals surface area contributed by atoms with Crippen molar-refractivity contribution in [3.8, 4) is 11.8 Å². The SMILES string of the molecule is CCN1CCC(CNC(=O)c2ccccc2C#CCN)C1. The lowest BCUT2D eigenvalue weighted by molar-refractivity contribution is 0.0947. The van der Waals surface area contributed by atoms with E-state index in [1.165, 1.54) is 0 Å². The topological polar surface area (TPSA) is 58.4 Å². The summed E-state index contributed by atoms with van der Waals surface area (Å²) in [7, 11) is 0. The van der Waals surface area contributed by atoms with E-state index in [-0.39, 0.29) is 5.91 Å². The molecule has 1 atom stereocenters. The fraction of sp³-hybridized carbons (Fsp3) is 0.471. The summed E-state index contributed by atoms with van der Waals surface area (Å²) in [6.07, 6.45) is 1.16. The number of nitrogens with one attached hydrogen (secondary N) is 1. The average Bonchev–Trinajstić information content (AvgIpc) is 2.99. The lowest BCUT2D eigenvalue weighted by Gasteiger charge is -2.14. The summed E-state index contributed by atoms with van der Waals surface area (Å²) >= 11 is 0. The zero-order chi connectivity index (χ0) is 15.1. The van der Waals surface area contributed by atoms with Gasteiger partial charge in [-0.2, -0.15) is 0 Å². The van der Waals surface area contributed by atoms with Gasteiger partial charge in [-0.1, -0.05) is 30.9 Å². The van der Waals surface area contributed by atoms with E-state index < -0.39 is 0 Å². The summed E-state index contributed by atoms with van der Waals surface area (Å²) in [5, 5.41) is 3.04. The Labute approximate surface area is 126 Å². The highest BCUT2D eigenvalue weighted by molar-refractivity contribution is 5.96. The van der Waals surface area contributed by atoms with Crippen LogP contribution in [-0.2, 0) is 0 Å². The third kappa shape index (κ3) is 4.32. The second kappa shape index (κ2) is 7.82. The summed E-state index contributed by atoms with van der Waals surface area (Å²) < 4.78 is 0. The molecule has 0 aromatic heterocycles. The monoisotopic (exact) mass is 285 g/mol. The molecule has 21 heavy (non-hydrogen) atoms. The maximum absolute atomic E-state index is 12.3. The molecule has 1 aromatic rings. The van der Waals surface area contributed by atoms with E-state index in [1.807, 2.05) is 24.3 Å². The van der Waals surface area contributed by atoms with Gasteiger partial charge in [0.25, 0.3) is 5.91 Å². The largest absolute Gasteiger partial charge is 0.352 e. The molecule has 0 bridgehead atoms. The van der Waals surface area contributed by atoms with Crippen LogP contribution in [0.5, 0.6) is 0 Å². The van der Waals surface area contributed by atoms with Gasteiger partial charge in [-0.05, 0) is 37.6 Å². The van der Waals surface area contributed by atoms with Crippen molar-refractivity contribution >= 4 is 5.91 Å². The van der Waals surface area contributed by atoms with Crippen molar-refractivity contribution in [3.63, 3.8) is 0 Å². The van der Waals surface area contributed by atoms with E-state index in [2.05, 4.69) is 29.0 Å². The Kier molecular flexibility index (Phi) is 5.79. The van der Waals surface area contributed by atoms with Crippen LogP contribution in [-0.4, -0.2) is 43.5 Å². The second-order valence-electron chi connectivity index (χ2n) is 5.31. The van der Waals surface area contributed by atoms with E-state index in [9.17, 15) is 4.79 Å². The van der Waals surface area contributed by atoms with E-state index >= 15 is 0 Å². The van der Waals surface area contributed by atoms with Gasteiger partial charge in [-0.25, -0.2) is 0 Å². The number of rotatable bonds is 4. The molecule has 0 radical (unpaired) electrons. The number of hydrogen-bond donors (Lipinski definition) is 2. The van der Waals surface area contributed by atoms with Crippen LogP contribution in [0.15, 0.2) is 24.3 Å². The minimum Gasteiger partial charge on any atom is -0.352 e. The van der Waals surface area contributed by atoms with Crippen molar-refractivity contribution < 1.29 is 4.79 Å². The van der Waals surface area contributed by atoms with E-state index in [4.69, 9.17) is 5.73 Å². The molecule has 1 aromatic carbocycles. The minimum absolute atomic E-state index is 0.0492. The van der Waals surface area contributed by atoms with Gasteiger partial charge in [0.05, 0.1) is 12.1 Å². The molecule has 2 rings (SSSR count). The van der Waals surface area contributed by atoms with Crippen LogP contribution in [0.3, 0.4) is 0 Å². The fourth-order valence-electron chi connectivity index (χ4n) is 2.64. The molecule has 1 aliphatic heterocycles. The number of carbonyl (C=O) groups excluding carboxylic acids is 1. The van der Waals surface area contributed by atoms with Crippen LogP contribution in [0.25, 0.3) is 0 Å². The van der Waals surface area contributed by atoms with Gasteiger partial charge in [0.1, 0.15) is 0 Å². The van der Waals surface area contributed by atoms with Gasteiger partial charge in [0.15, 0.2) is 0 Å². The van der Waals surface area contributed by atoms with Gasteiger partial charge >= 0.3 is 0 Å².